The van der Waals surface area contributed by atoms with Gasteiger partial charge in [-0.15, -0.1) is 0 Å². The quantitative estimate of drug-likeness (QED) is 0.360. The van der Waals surface area contributed by atoms with Crippen LogP contribution in [0.25, 0.3) is 0 Å². The summed E-state index contributed by atoms with van der Waals surface area (Å²) in [6.45, 7) is 5.77. The van der Waals surface area contributed by atoms with Crippen molar-refractivity contribution in [2.45, 2.75) is 26.7 Å². The number of hydrogen-bond donors (Lipinski definition) is 0. The molecule has 0 rings (SSSR count). The van der Waals surface area contributed by atoms with Gasteiger partial charge in [0.25, 0.3) is 0 Å². The van der Waals surface area contributed by atoms with Gasteiger partial charge in [0, 0.05) is 0 Å². The zero-order valence-electron chi connectivity index (χ0n) is 8.36. The Bertz CT molecular complexity index is 114. The van der Waals surface area contributed by atoms with Crippen molar-refractivity contribution in [1.29, 1.82) is 0 Å². The van der Waals surface area contributed by atoms with Crippen molar-refractivity contribution in [3.05, 3.63) is 0 Å². The Morgan fingerprint density at radius 1 is 1.00 bits per heavy atom. The Morgan fingerprint density at radius 3 is 1.77 bits per heavy atom. The third kappa shape index (κ3) is 6.67. The summed E-state index contributed by atoms with van der Waals surface area (Å²) in [4.78, 5) is 23.6. The molecule has 0 saturated heterocycles. The fourth-order valence-corrected chi connectivity index (χ4v) is 1.39. The molecule has 0 radical (unpaired) electrons. The fourth-order valence-electron chi connectivity index (χ4n) is 0.525. The fraction of sp³-hybridized carbons (Fsp3) is 1.00. The van der Waals surface area contributed by atoms with Gasteiger partial charge in [0.05, 0.1) is 0 Å². The predicted molar refractivity (Wildman–Crippen MR) is 44.5 cm³/mol. The van der Waals surface area contributed by atoms with Crippen molar-refractivity contribution in [3.8, 4) is 0 Å². The van der Waals surface area contributed by atoms with Gasteiger partial charge < -0.3 is 0 Å². The molecule has 0 bridgehead atoms. The molecule has 0 atom stereocenters. The van der Waals surface area contributed by atoms with E-state index in [-0.39, 0.29) is 24.8 Å². The third-order valence-electron chi connectivity index (χ3n) is 0.891. The summed E-state index contributed by atoms with van der Waals surface area (Å²) >= 11 is -0.0816. The molecule has 0 aliphatic carbocycles. The molecule has 7 heteroatoms. The van der Waals surface area contributed by atoms with Gasteiger partial charge in [-0.25, -0.2) is 0 Å². The minimum absolute atomic E-state index is 0.0816. The summed E-state index contributed by atoms with van der Waals surface area (Å²) in [7, 11) is 0. The average Bonchev–Trinajstić information content (AvgIpc) is 2.12. The van der Waals surface area contributed by atoms with Gasteiger partial charge in [-0.1, -0.05) is 0 Å². The molecule has 13 heavy (non-hydrogen) atoms. The van der Waals surface area contributed by atoms with Gasteiger partial charge in [0.15, 0.2) is 0 Å². The molecule has 6 nitrogen and oxygen atoms in total. The molecule has 0 aromatic heterocycles. The Balaban J connectivity index is 3.84. The molecule has 0 unspecified atom stereocenters. The van der Waals surface area contributed by atoms with Gasteiger partial charge in [0.2, 0.25) is 0 Å². The van der Waals surface area contributed by atoms with Crippen LogP contribution in [-0.4, -0.2) is 44.0 Å². The molecule has 0 fully saturated rings. The molecular weight excluding hydrogens is 283 g/mol. The van der Waals surface area contributed by atoms with Crippen molar-refractivity contribution >= 4 is 24.8 Å². The van der Waals surface area contributed by atoms with Crippen LogP contribution < -0.4 is 0 Å². The molecule has 0 aromatic carbocycles. The van der Waals surface area contributed by atoms with Crippen LogP contribution >= 0.6 is 0 Å². The molecule has 0 amide bonds. The second kappa shape index (κ2) is 7.98. The molecule has 0 heterocycles. The van der Waals surface area contributed by atoms with Crippen LogP contribution in [0.2, 0.25) is 0 Å². The summed E-state index contributed by atoms with van der Waals surface area (Å²) in [5.41, 5.74) is 0. The van der Waals surface area contributed by atoms with Gasteiger partial charge in [0.1, 0.15) is 0 Å². The molecular formula is C6H15InO6. The number of hydrogen-bond acceptors (Lipinski definition) is 6. The van der Waals surface area contributed by atoms with Crippen LogP contribution in [0.1, 0.15) is 20.8 Å². The molecule has 0 saturated carbocycles. The van der Waals surface area contributed by atoms with Crippen LogP contribution in [0.4, 0.5) is 0 Å². The molecule has 0 aromatic rings. The van der Waals surface area contributed by atoms with E-state index < -0.39 is 5.97 Å². The summed E-state index contributed by atoms with van der Waals surface area (Å²) in [6.07, 6.45) is 0. The standard InChI is InChI=1S/C6H14O6.In.2H/c1-4-8-11-6(3,10-7)12-9-5-2;;;/h7H,4-5H2,1-3H3;;;/q;+1;;/p-1. The first-order chi connectivity index (χ1) is 6.18. The van der Waals surface area contributed by atoms with E-state index in [2.05, 4.69) is 12.8 Å². The third-order valence-corrected chi connectivity index (χ3v) is 1.37. The van der Waals surface area contributed by atoms with E-state index in [9.17, 15) is 0 Å². The summed E-state index contributed by atoms with van der Waals surface area (Å²) in [6, 6.07) is 0. The van der Waals surface area contributed by atoms with Crippen LogP contribution in [0.15, 0.2) is 0 Å². The van der Waals surface area contributed by atoms with Crippen molar-refractivity contribution in [2.75, 3.05) is 13.2 Å². The second-order valence-electron chi connectivity index (χ2n) is 2.09. The zero-order valence-corrected chi connectivity index (χ0v) is 14.1. The maximum atomic E-state index is 4.76. The first-order valence-corrected chi connectivity index (χ1v) is 6.34. The molecule has 0 aliphatic rings. The molecule has 78 valence electrons. The monoisotopic (exact) mass is 298 g/mol. The van der Waals surface area contributed by atoms with Crippen LogP contribution in [0.5, 0.6) is 0 Å². The summed E-state index contributed by atoms with van der Waals surface area (Å²) < 4.78 is 4.60. The minimum atomic E-state index is -1.46. The van der Waals surface area contributed by atoms with E-state index in [0.717, 1.165) is 0 Å². The van der Waals surface area contributed by atoms with Crippen LogP contribution in [-0.2, 0) is 27.4 Å². The average molecular weight is 298 g/mol. The number of rotatable bonds is 8. The van der Waals surface area contributed by atoms with Crippen molar-refractivity contribution in [1.82, 2.24) is 0 Å². The van der Waals surface area contributed by atoms with E-state index in [1.165, 1.54) is 6.92 Å². The van der Waals surface area contributed by atoms with Crippen molar-refractivity contribution < 1.29 is 27.4 Å². The first-order valence-electron chi connectivity index (χ1n) is 4.01. The van der Waals surface area contributed by atoms with E-state index in [0.29, 0.717) is 13.2 Å². The van der Waals surface area contributed by atoms with Gasteiger partial charge in [-0.05, 0) is 0 Å². The zero-order chi connectivity index (χ0) is 10.2. The second-order valence-corrected chi connectivity index (χ2v) is 3.04. The Morgan fingerprint density at radius 2 is 1.46 bits per heavy atom. The van der Waals surface area contributed by atoms with Gasteiger partial charge in [-0.3, -0.25) is 0 Å². The van der Waals surface area contributed by atoms with Gasteiger partial charge in [-0.2, -0.15) is 0 Å². The van der Waals surface area contributed by atoms with Crippen LogP contribution in [0, 0.1) is 0 Å². The summed E-state index contributed by atoms with van der Waals surface area (Å²) in [5.74, 6) is -1.46. The predicted octanol–water partition coefficient (Wildman–Crippen LogP) is 0.0926. The summed E-state index contributed by atoms with van der Waals surface area (Å²) in [5, 5.41) is 0. The van der Waals surface area contributed by atoms with Crippen molar-refractivity contribution in [3.63, 3.8) is 0 Å². The van der Waals surface area contributed by atoms with E-state index in [1.54, 1.807) is 13.8 Å². The van der Waals surface area contributed by atoms with E-state index in [4.69, 9.17) is 14.7 Å². The van der Waals surface area contributed by atoms with Crippen LogP contribution in [0.3, 0.4) is 0 Å². The SMILES string of the molecule is CCOOC(C)(O[O][InH2])OOCC. The molecule has 0 N–H and O–H groups in total. The first kappa shape index (κ1) is 13.6. The molecule has 0 aliphatic heterocycles. The van der Waals surface area contributed by atoms with E-state index in [1.807, 2.05) is 0 Å². The normalized spacial score (nSPS) is 11.9. The molecule has 0 spiro atoms. The Labute approximate surface area is 92.3 Å². The maximum absolute atomic E-state index is 4.76. The van der Waals surface area contributed by atoms with Gasteiger partial charge >= 0.3 is 92.2 Å². The van der Waals surface area contributed by atoms with E-state index >= 15 is 0 Å². The Hall–Kier alpha value is 0.630. The van der Waals surface area contributed by atoms with Crippen molar-refractivity contribution in [2.24, 2.45) is 0 Å². The topological polar surface area (TPSA) is 55.4 Å². The Kier molecular flexibility index (Phi) is 8.37.